The molecule has 0 saturated carbocycles. The lowest BCUT2D eigenvalue weighted by Gasteiger charge is -2.23. The molecule has 0 spiro atoms. The lowest BCUT2D eigenvalue weighted by molar-refractivity contribution is -0.0298. The van der Waals surface area contributed by atoms with E-state index >= 15 is 0 Å². The molecule has 0 aliphatic carbocycles. The van der Waals surface area contributed by atoms with E-state index in [1.165, 1.54) is 0 Å². The van der Waals surface area contributed by atoms with Crippen LogP contribution in [-0.2, 0) is 4.74 Å². The second-order valence-corrected chi connectivity index (χ2v) is 4.29. The Morgan fingerprint density at radius 3 is 3.06 bits per heavy atom. The number of hydrogen-bond acceptors (Lipinski definition) is 4. The highest BCUT2D eigenvalue weighted by atomic mass is 35.5. The van der Waals surface area contributed by atoms with Crippen molar-refractivity contribution in [2.75, 3.05) is 6.61 Å². The first kappa shape index (κ1) is 10.9. The van der Waals surface area contributed by atoms with E-state index in [0.29, 0.717) is 17.8 Å². The molecule has 17 heavy (non-hydrogen) atoms. The van der Waals surface area contributed by atoms with E-state index in [9.17, 15) is 4.39 Å². The van der Waals surface area contributed by atoms with E-state index in [1.54, 1.807) is 10.9 Å². The first-order chi connectivity index (χ1) is 8.25. The number of halogens is 2. The summed E-state index contributed by atoms with van der Waals surface area (Å²) in [5.41, 5.74) is 0.789. The van der Waals surface area contributed by atoms with Gasteiger partial charge in [0, 0.05) is 6.61 Å². The standard InChI is InChI=1S/C10H10ClFN4O/c11-8-7-9(15-10(12)14-8)16(5-13-7)6-3-1-2-4-17-6/h5-6H,1-4H2. The predicted molar refractivity (Wildman–Crippen MR) is 59.1 cm³/mol. The number of ether oxygens (including phenoxy) is 1. The molecule has 1 unspecified atom stereocenters. The fraction of sp³-hybridized carbons (Fsp3) is 0.500. The van der Waals surface area contributed by atoms with Crippen LogP contribution in [0.1, 0.15) is 25.5 Å². The fourth-order valence-corrected chi connectivity index (χ4v) is 2.21. The van der Waals surface area contributed by atoms with Gasteiger partial charge in [-0.05, 0) is 19.3 Å². The molecule has 3 rings (SSSR count). The molecule has 3 heterocycles. The van der Waals surface area contributed by atoms with Gasteiger partial charge in [0.05, 0.1) is 6.33 Å². The molecule has 7 heteroatoms. The SMILES string of the molecule is Fc1nc(Cl)c2ncn(C3CCCCO3)c2n1. The molecule has 1 saturated heterocycles. The van der Waals surface area contributed by atoms with Crippen molar-refractivity contribution in [1.29, 1.82) is 0 Å². The number of imidazole rings is 1. The van der Waals surface area contributed by atoms with Crippen LogP contribution in [-0.4, -0.2) is 26.1 Å². The number of nitrogens with zero attached hydrogens (tertiary/aromatic N) is 4. The Bertz CT molecular complexity index is 552. The van der Waals surface area contributed by atoms with E-state index in [0.717, 1.165) is 19.3 Å². The fourth-order valence-electron chi connectivity index (χ4n) is 2.01. The Morgan fingerprint density at radius 2 is 2.29 bits per heavy atom. The van der Waals surface area contributed by atoms with Gasteiger partial charge in [0.1, 0.15) is 11.7 Å². The zero-order valence-electron chi connectivity index (χ0n) is 8.94. The Kier molecular flexibility index (Phi) is 2.68. The van der Waals surface area contributed by atoms with Gasteiger partial charge < -0.3 is 4.74 Å². The van der Waals surface area contributed by atoms with Crippen LogP contribution in [0.3, 0.4) is 0 Å². The molecule has 0 radical (unpaired) electrons. The van der Waals surface area contributed by atoms with Gasteiger partial charge in [-0.1, -0.05) is 11.6 Å². The van der Waals surface area contributed by atoms with E-state index in [4.69, 9.17) is 16.3 Å². The summed E-state index contributed by atoms with van der Waals surface area (Å²) in [6.45, 7) is 0.700. The van der Waals surface area contributed by atoms with Crippen LogP contribution in [0, 0.1) is 6.08 Å². The van der Waals surface area contributed by atoms with Gasteiger partial charge in [0.25, 0.3) is 0 Å². The lowest BCUT2D eigenvalue weighted by Crippen LogP contribution is -2.17. The Labute approximate surface area is 102 Å². The maximum absolute atomic E-state index is 13.1. The Morgan fingerprint density at radius 1 is 1.41 bits per heavy atom. The van der Waals surface area contributed by atoms with Gasteiger partial charge in [0.15, 0.2) is 10.8 Å². The third kappa shape index (κ3) is 1.87. The molecule has 0 amide bonds. The van der Waals surface area contributed by atoms with E-state index in [1.807, 2.05) is 0 Å². The smallest absolute Gasteiger partial charge is 0.312 e. The first-order valence-electron chi connectivity index (χ1n) is 5.43. The third-order valence-corrected chi connectivity index (χ3v) is 3.08. The van der Waals surface area contributed by atoms with Crippen LogP contribution in [0.2, 0.25) is 5.15 Å². The maximum atomic E-state index is 13.1. The minimum absolute atomic E-state index is 0.0297. The molecule has 0 bridgehead atoms. The molecular formula is C10H10ClFN4O. The van der Waals surface area contributed by atoms with Crippen molar-refractivity contribution < 1.29 is 9.13 Å². The quantitative estimate of drug-likeness (QED) is 0.580. The molecule has 1 fully saturated rings. The second kappa shape index (κ2) is 4.19. The van der Waals surface area contributed by atoms with Crippen molar-refractivity contribution >= 4 is 22.8 Å². The van der Waals surface area contributed by atoms with Gasteiger partial charge in [-0.2, -0.15) is 14.4 Å². The van der Waals surface area contributed by atoms with Gasteiger partial charge in [0.2, 0.25) is 0 Å². The number of aromatic nitrogens is 4. The topological polar surface area (TPSA) is 52.8 Å². The van der Waals surface area contributed by atoms with Crippen molar-refractivity contribution in [2.24, 2.45) is 0 Å². The summed E-state index contributed by atoms with van der Waals surface area (Å²) in [5.74, 6) is 0. The Hall–Kier alpha value is -1.27. The molecule has 2 aromatic heterocycles. The van der Waals surface area contributed by atoms with Crippen LogP contribution >= 0.6 is 11.6 Å². The van der Waals surface area contributed by atoms with Crippen LogP contribution in [0.25, 0.3) is 11.2 Å². The van der Waals surface area contributed by atoms with Crippen LogP contribution in [0.5, 0.6) is 0 Å². The Balaban J connectivity index is 2.10. The number of rotatable bonds is 1. The summed E-state index contributed by atoms with van der Waals surface area (Å²) < 4.78 is 20.5. The third-order valence-electron chi connectivity index (χ3n) is 2.82. The van der Waals surface area contributed by atoms with Gasteiger partial charge in [-0.25, -0.2) is 4.98 Å². The highest BCUT2D eigenvalue weighted by molar-refractivity contribution is 6.33. The summed E-state index contributed by atoms with van der Waals surface area (Å²) in [7, 11) is 0. The lowest BCUT2D eigenvalue weighted by atomic mass is 10.2. The number of fused-ring (bicyclic) bond motifs is 1. The summed E-state index contributed by atoms with van der Waals surface area (Å²) in [4.78, 5) is 11.3. The second-order valence-electron chi connectivity index (χ2n) is 3.93. The minimum atomic E-state index is -0.847. The minimum Gasteiger partial charge on any atom is -0.358 e. The number of hydrogen-bond donors (Lipinski definition) is 0. The normalized spacial score (nSPS) is 20.9. The van der Waals surface area contributed by atoms with Gasteiger partial charge in [-0.15, -0.1) is 0 Å². The van der Waals surface area contributed by atoms with Gasteiger partial charge in [-0.3, -0.25) is 4.57 Å². The average Bonchev–Trinajstić information content (AvgIpc) is 2.74. The van der Waals surface area contributed by atoms with Crippen molar-refractivity contribution in [3.05, 3.63) is 17.6 Å². The molecular weight excluding hydrogens is 247 g/mol. The molecule has 5 nitrogen and oxygen atoms in total. The molecule has 1 aliphatic heterocycles. The molecule has 90 valence electrons. The van der Waals surface area contributed by atoms with Crippen molar-refractivity contribution in [3.63, 3.8) is 0 Å². The highest BCUT2D eigenvalue weighted by Crippen LogP contribution is 2.27. The summed E-state index contributed by atoms with van der Waals surface area (Å²) >= 11 is 5.81. The van der Waals surface area contributed by atoms with E-state index in [-0.39, 0.29) is 11.4 Å². The summed E-state index contributed by atoms with van der Waals surface area (Å²) in [6, 6.07) is 0. The largest absolute Gasteiger partial charge is 0.358 e. The highest BCUT2D eigenvalue weighted by Gasteiger charge is 2.20. The molecule has 0 N–H and O–H groups in total. The molecule has 1 aliphatic rings. The van der Waals surface area contributed by atoms with E-state index in [2.05, 4.69) is 15.0 Å². The van der Waals surface area contributed by atoms with E-state index < -0.39 is 6.08 Å². The average molecular weight is 257 g/mol. The molecule has 2 aromatic rings. The first-order valence-corrected chi connectivity index (χ1v) is 5.80. The van der Waals surface area contributed by atoms with Crippen LogP contribution in [0.15, 0.2) is 6.33 Å². The van der Waals surface area contributed by atoms with Crippen molar-refractivity contribution in [2.45, 2.75) is 25.5 Å². The van der Waals surface area contributed by atoms with Crippen molar-refractivity contribution in [3.8, 4) is 0 Å². The maximum Gasteiger partial charge on any atom is 0.312 e. The monoisotopic (exact) mass is 256 g/mol. The van der Waals surface area contributed by atoms with Crippen molar-refractivity contribution in [1.82, 2.24) is 19.5 Å². The zero-order chi connectivity index (χ0) is 11.8. The zero-order valence-corrected chi connectivity index (χ0v) is 9.69. The molecule has 0 aromatic carbocycles. The predicted octanol–water partition coefficient (Wildman–Crippen LogP) is 2.32. The summed E-state index contributed by atoms with van der Waals surface area (Å²) in [5, 5.41) is 0.0297. The van der Waals surface area contributed by atoms with Gasteiger partial charge >= 0.3 is 6.08 Å². The van der Waals surface area contributed by atoms with Crippen LogP contribution in [0.4, 0.5) is 4.39 Å². The van der Waals surface area contributed by atoms with Crippen LogP contribution < -0.4 is 0 Å². The molecule has 1 atom stereocenters. The summed E-state index contributed by atoms with van der Waals surface area (Å²) in [6.07, 6.45) is 3.58.